The van der Waals surface area contributed by atoms with E-state index in [1.54, 1.807) is 6.92 Å². The van der Waals surface area contributed by atoms with E-state index in [0.717, 1.165) is 0 Å². The van der Waals surface area contributed by atoms with Gasteiger partial charge < -0.3 is 0 Å². The first-order valence-corrected chi connectivity index (χ1v) is 4.10. The van der Waals surface area contributed by atoms with Crippen molar-refractivity contribution in [2.24, 2.45) is 5.92 Å². The Morgan fingerprint density at radius 3 is 1.73 bits per heavy atom. The Morgan fingerprint density at radius 2 is 1.64 bits per heavy atom. The maximum absolute atomic E-state index is 10.8. The third-order valence-electron chi connectivity index (χ3n) is 1.78. The highest BCUT2D eigenvalue weighted by atomic mass is 16.1. The van der Waals surface area contributed by atoms with Crippen LogP contribution in [0.1, 0.15) is 41.0 Å². The van der Waals surface area contributed by atoms with Gasteiger partial charge in [0.25, 0.3) is 0 Å². The second kappa shape index (κ2) is 4.32. The van der Waals surface area contributed by atoms with Crippen molar-refractivity contribution >= 4 is 5.78 Å². The second-order valence-corrected chi connectivity index (χ2v) is 3.56. The molecular weight excluding hydrogens is 136 g/mol. The largest absolute Gasteiger partial charge is 0.300 e. The smallest absolute Gasteiger partial charge is 0.133 e. The molecule has 0 atom stereocenters. The Hall–Kier alpha value is -0.590. The highest BCUT2D eigenvalue weighted by Crippen LogP contribution is 2.18. The van der Waals surface area contributed by atoms with Gasteiger partial charge in [-0.1, -0.05) is 25.0 Å². The molecule has 64 valence electrons. The summed E-state index contributed by atoms with van der Waals surface area (Å²) in [6, 6.07) is 0. The van der Waals surface area contributed by atoms with E-state index in [4.69, 9.17) is 0 Å². The van der Waals surface area contributed by atoms with Crippen LogP contribution >= 0.6 is 0 Å². The average molecular weight is 154 g/mol. The Labute approximate surface area is 69.5 Å². The van der Waals surface area contributed by atoms with Gasteiger partial charge in [-0.3, -0.25) is 4.79 Å². The zero-order valence-electron chi connectivity index (χ0n) is 8.19. The summed E-state index contributed by atoms with van der Waals surface area (Å²) >= 11 is 0. The molecule has 0 aromatic heterocycles. The van der Waals surface area contributed by atoms with Gasteiger partial charge in [0, 0.05) is 6.42 Å². The number of hydrogen-bond donors (Lipinski definition) is 0. The van der Waals surface area contributed by atoms with Crippen molar-refractivity contribution in [2.75, 3.05) is 0 Å². The molecule has 0 rings (SSSR count). The van der Waals surface area contributed by atoms with Crippen LogP contribution in [0.15, 0.2) is 11.1 Å². The van der Waals surface area contributed by atoms with Gasteiger partial charge in [0.05, 0.1) is 0 Å². The highest BCUT2D eigenvalue weighted by Gasteiger charge is 2.06. The number of carbonyl (C=O) groups excluding carboxylic acids is 1. The molecule has 0 N–H and O–H groups in total. The minimum atomic E-state index is 0.259. The van der Waals surface area contributed by atoms with Crippen LogP contribution in [0.25, 0.3) is 0 Å². The fourth-order valence-electron chi connectivity index (χ4n) is 1.23. The molecule has 0 unspecified atom stereocenters. The molecule has 1 nitrogen and oxygen atoms in total. The summed E-state index contributed by atoms with van der Waals surface area (Å²) < 4.78 is 0. The predicted molar refractivity (Wildman–Crippen MR) is 48.5 cm³/mol. The lowest BCUT2D eigenvalue weighted by molar-refractivity contribution is -0.116. The minimum Gasteiger partial charge on any atom is -0.300 e. The molecular formula is C10H18O. The van der Waals surface area contributed by atoms with Crippen molar-refractivity contribution in [1.82, 2.24) is 0 Å². The topological polar surface area (TPSA) is 17.1 Å². The lowest BCUT2D eigenvalue weighted by atomic mass is 9.94. The molecule has 0 aromatic carbocycles. The standard InChI is InChI=1S/C10H18O/c1-7(2)10(8(3)4)6-9(5)11/h7H,6H2,1-5H3. The van der Waals surface area contributed by atoms with E-state index < -0.39 is 0 Å². The van der Waals surface area contributed by atoms with Crippen LogP contribution in [0.5, 0.6) is 0 Å². The number of ketones is 1. The molecule has 0 aliphatic rings. The van der Waals surface area contributed by atoms with E-state index in [-0.39, 0.29) is 5.78 Å². The molecule has 0 amide bonds. The molecule has 11 heavy (non-hydrogen) atoms. The van der Waals surface area contributed by atoms with Crippen molar-refractivity contribution in [1.29, 1.82) is 0 Å². The third kappa shape index (κ3) is 3.97. The normalized spacial score (nSPS) is 10.0. The second-order valence-electron chi connectivity index (χ2n) is 3.56. The first-order chi connectivity index (χ1) is 4.95. The molecule has 0 fully saturated rings. The molecule has 0 aliphatic heterocycles. The van der Waals surface area contributed by atoms with Crippen molar-refractivity contribution < 1.29 is 4.79 Å². The zero-order chi connectivity index (χ0) is 9.02. The van der Waals surface area contributed by atoms with Gasteiger partial charge in [-0.05, 0) is 26.7 Å². The van der Waals surface area contributed by atoms with Crippen LogP contribution in [0.4, 0.5) is 0 Å². The maximum atomic E-state index is 10.8. The Bertz CT molecular complexity index is 171. The number of Topliss-reactive ketones (excluding diaryl/α,β-unsaturated/α-hetero) is 1. The summed E-state index contributed by atoms with van der Waals surface area (Å²) in [5.74, 6) is 0.763. The van der Waals surface area contributed by atoms with Crippen LogP contribution < -0.4 is 0 Å². The van der Waals surface area contributed by atoms with E-state index in [1.807, 2.05) is 0 Å². The summed E-state index contributed by atoms with van der Waals surface area (Å²) in [7, 11) is 0. The lowest BCUT2D eigenvalue weighted by Crippen LogP contribution is -2.02. The van der Waals surface area contributed by atoms with Gasteiger partial charge in [0.2, 0.25) is 0 Å². The lowest BCUT2D eigenvalue weighted by Gasteiger charge is -2.11. The average Bonchev–Trinajstić information content (AvgIpc) is 1.81. The number of hydrogen-bond acceptors (Lipinski definition) is 1. The Kier molecular flexibility index (Phi) is 4.09. The maximum Gasteiger partial charge on any atom is 0.133 e. The number of allylic oxidation sites excluding steroid dienone is 2. The molecule has 0 aromatic rings. The van der Waals surface area contributed by atoms with Gasteiger partial charge in [-0.25, -0.2) is 0 Å². The molecule has 0 radical (unpaired) electrons. The van der Waals surface area contributed by atoms with Gasteiger partial charge in [0.15, 0.2) is 0 Å². The summed E-state index contributed by atoms with van der Waals surface area (Å²) in [5, 5.41) is 0. The fraction of sp³-hybridized carbons (Fsp3) is 0.700. The predicted octanol–water partition coefficient (Wildman–Crippen LogP) is 2.96. The molecule has 0 aliphatic carbocycles. The van der Waals surface area contributed by atoms with Crippen molar-refractivity contribution in [3.05, 3.63) is 11.1 Å². The zero-order valence-corrected chi connectivity index (χ0v) is 8.19. The molecule has 0 spiro atoms. The van der Waals surface area contributed by atoms with Gasteiger partial charge in [-0.2, -0.15) is 0 Å². The van der Waals surface area contributed by atoms with Gasteiger partial charge in [0.1, 0.15) is 5.78 Å². The molecule has 1 heteroatoms. The van der Waals surface area contributed by atoms with E-state index in [9.17, 15) is 4.79 Å². The fourth-order valence-corrected chi connectivity index (χ4v) is 1.23. The molecule has 0 heterocycles. The summed E-state index contributed by atoms with van der Waals surface area (Å²) in [6.45, 7) is 10.0. The van der Waals surface area contributed by atoms with Crippen LogP contribution in [-0.4, -0.2) is 5.78 Å². The summed E-state index contributed by atoms with van der Waals surface area (Å²) in [6.07, 6.45) is 0.625. The first kappa shape index (κ1) is 10.4. The minimum absolute atomic E-state index is 0.259. The summed E-state index contributed by atoms with van der Waals surface area (Å²) in [5.41, 5.74) is 2.58. The van der Waals surface area contributed by atoms with Crippen LogP contribution in [0.3, 0.4) is 0 Å². The van der Waals surface area contributed by atoms with Crippen molar-refractivity contribution in [3.8, 4) is 0 Å². The van der Waals surface area contributed by atoms with Crippen LogP contribution in [-0.2, 0) is 4.79 Å². The number of rotatable bonds is 3. The van der Waals surface area contributed by atoms with Crippen LogP contribution in [0, 0.1) is 5.92 Å². The van der Waals surface area contributed by atoms with Gasteiger partial charge >= 0.3 is 0 Å². The van der Waals surface area contributed by atoms with Crippen molar-refractivity contribution in [3.63, 3.8) is 0 Å². The highest BCUT2D eigenvalue weighted by molar-refractivity contribution is 5.78. The van der Waals surface area contributed by atoms with Gasteiger partial charge in [-0.15, -0.1) is 0 Å². The quantitative estimate of drug-likeness (QED) is 0.571. The van der Waals surface area contributed by atoms with E-state index in [2.05, 4.69) is 27.7 Å². The monoisotopic (exact) mass is 154 g/mol. The Balaban J connectivity index is 4.38. The summed E-state index contributed by atoms with van der Waals surface area (Å²) in [4.78, 5) is 10.8. The molecule has 0 bridgehead atoms. The van der Waals surface area contributed by atoms with Crippen molar-refractivity contribution in [2.45, 2.75) is 41.0 Å². The van der Waals surface area contributed by atoms with E-state index >= 15 is 0 Å². The first-order valence-electron chi connectivity index (χ1n) is 4.10. The number of carbonyl (C=O) groups is 1. The SMILES string of the molecule is CC(=O)CC(=C(C)C)C(C)C. The molecule has 0 saturated carbocycles. The van der Waals surface area contributed by atoms with E-state index in [0.29, 0.717) is 12.3 Å². The Morgan fingerprint density at radius 1 is 1.18 bits per heavy atom. The van der Waals surface area contributed by atoms with E-state index in [1.165, 1.54) is 11.1 Å². The molecule has 0 saturated heterocycles. The third-order valence-corrected chi connectivity index (χ3v) is 1.78. The van der Waals surface area contributed by atoms with Crippen LogP contribution in [0.2, 0.25) is 0 Å².